The maximum atomic E-state index is 11.9. The van der Waals surface area contributed by atoms with Gasteiger partial charge in [0.2, 0.25) is 0 Å². The fourth-order valence-corrected chi connectivity index (χ4v) is 6.39. The van der Waals surface area contributed by atoms with E-state index in [0.29, 0.717) is 15.3 Å². The predicted octanol–water partition coefficient (Wildman–Crippen LogP) is 5.21. The second kappa shape index (κ2) is 4.97. The molecule has 3 heteroatoms. The minimum atomic E-state index is -0.577. The predicted molar refractivity (Wildman–Crippen MR) is 93.7 cm³/mol. The van der Waals surface area contributed by atoms with Crippen molar-refractivity contribution in [3.05, 3.63) is 11.6 Å². The number of rotatable bonds is 1. The molecule has 0 aromatic carbocycles. The van der Waals surface area contributed by atoms with Gasteiger partial charge in [-0.2, -0.15) is 0 Å². The molecule has 0 radical (unpaired) electrons. The minimum Gasteiger partial charge on any atom is -0.481 e. The Morgan fingerprint density at radius 1 is 1.29 bits per heavy atom. The molecule has 2 unspecified atom stereocenters. The smallest absolute Gasteiger partial charge is 0.309 e. The highest BCUT2D eigenvalue weighted by molar-refractivity contribution is 14.1. The van der Waals surface area contributed by atoms with E-state index in [1.807, 2.05) is 6.92 Å². The van der Waals surface area contributed by atoms with E-state index in [-0.39, 0.29) is 5.41 Å². The first-order valence-corrected chi connectivity index (χ1v) is 9.40. The topological polar surface area (TPSA) is 37.3 Å². The third kappa shape index (κ3) is 2.38. The fraction of sp³-hybridized carbons (Fsp3) is 0.833. The molecule has 0 aliphatic heterocycles. The molecule has 118 valence electrons. The van der Waals surface area contributed by atoms with Gasteiger partial charge in [0.05, 0.1) is 5.41 Å². The van der Waals surface area contributed by atoms with Crippen LogP contribution in [-0.2, 0) is 4.79 Å². The molecule has 3 aliphatic carbocycles. The van der Waals surface area contributed by atoms with Gasteiger partial charge >= 0.3 is 5.97 Å². The van der Waals surface area contributed by atoms with Crippen molar-refractivity contribution in [2.45, 2.75) is 69.1 Å². The van der Waals surface area contributed by atoms with Crippen molar-refractivity contribution < 1.29 is 9.90 Å². The molecule has 3 rings (SSSR count). The lowest BCUT2D eigenvalue weighted by molar-refractivity contribution is -0.160. The molecule has 0 heterocycles. The van der Waals surface area contributed by atoms with E-state index in [1.54, 1.807) is 5.57 Å². The average Bonchev–Trinajstić information content (AvgIpc) is 2.36. The van der Waals surface area contributed by atoms with Crippen molar-refractivity contribution in [1.82, 2.24) is 0 Å². The van der Waals surface area contributed by atoms with Crippen molar-refractivity contribution in [1.29, 1.82) is 0 Å². The molecule has 0 aromatic rings. The highest BCUT2D eigenvalue weighted by atomic mass is 127. The molecule has 0 saturated heterocycles. The largest absolute Gasteiger partial charge is 0.481 e. The van der Waals surface area contributed by atoms with Crippen LogP contribution in [-0.4, -0.2) is 14.5 Å². The zero-order valence-electron chi connectivity index (χ0n) is 13.4. The van der Waals surface area contributed by atoms with Crippen molar-refractivity contribution in [3.8, 4) is 0 Å². The number of carbonyl (C=O) groups is 1. The SMILES string of the molecule is C[C@]1(I)CC=C2C(CCC3[C@](C)(C(=O)O)CCC[C@@]23C)C1. The Morgan fingerprint density at radius 2 is 2.00 bits per heavy atom. The molecule has 3 aliphatic rings. The van der Waals surface area contributed by atoms with Crippen LogP contribution in [0.2, 0.25) is 0 Å². The Morgan fingerprint density at radius 3 is 2.67 bits per heavy atom. The molecule has 5 atom stereocenters. The summed E-state index contributed by atoms with van der Waals surface area (Å²) in [5, 5.41) is 9.81. The normalized spacial score (nSPS) is 49.8. The lowest BCUT2D eigenvalue weighted by atomic mass is 9.47. The number of carboxylic acids is 1. The summed E-state index contributed by atoms with van der Waals surface area (Å²) >= 11 is 2.61. The van der Waals surface area contributed by atoms with E-state index in [0.717, 1.165) is 25.7 Å². The molecule has 2 fully saturated rings. The standard InChI is InChI=1S/C18H27IO2/c1-16(19)10-7-13-12(11-16)5-6-14-17(13,2)8-4-9-18(14,3)15(20)21/h7,12,14H,4-6,8-11H2,1-3H3,(H,20,21)/t12?,14?,16-,17-,18+/m0/s1. The molecule has 2 saturated carbocycles. The van der Waals surface area contributed by atoms with Crippen LogP contribution in [0, 0.1) is 22.7 Å². The highest BCUT2D eigenvalue weighted by Gasteiger charge is 2.57. The zero-order chi connectivity index (χ0) is 15.5. The summed E-state index contributed by atoms with van der Waals surface area (Å²) in [7, 11) is 0. The number of allylic oxidation sites excluding steroid dienone is 2. The van der Waals surface area contributed by atoms with E-state index in [9.17, 15) is 9.90 Å². The van der Waals surface area contributed by atoms with Crippen LogP contribution < -0.4 is 0 Å². The Bertz CT molecular complexity index is 495. The molecule has 21 heavy (non-hydrogen) atoms. The van der Waals surface area contributed by atoms with Crippen molar-refractivity contribution in [2.24, 2.45) is 22.7 Å². The summed E-state index contributed by atoms with van der Waals surface area (Å²) in [5.41, 5.74) is 1.21. The second-order valence-corrected chi connectivity index (χ2v) is 10.9. The number of hydrogen-bond donors (Lipinski definition) is 1. The first kappa shape index (κ1) is 15.8. The number of hydrogen-bond acceptors (Lipinski definition) is 1. The number of alkyl halides is 1. The van der Waals surface area contributed by atoms with E-state index >= 15 is 0 Å². The van der Waals surface area contributed by atoms with Crippen LogP contribution >= 0.6 is 22.6 Å². The molecule has 0 spiro atoms. The Balaban J connectivity index is 2.00. The first-order chi connectivity index (χ1) is 9.69. The van der Waals surface area contributed by atoms with E-state index < -0.39 is 11.4 Å². The van der Waals surface area contributed by atoms with Crippen LogP contribution in [0.25, 0.3) is 0 Å². The molecule has 1 N–H and O–H groups in total. The van der Waals surface area contributed by atoms with Crippen LogP contribution in [0.3, 0.4) is 0 Å². The van der Waals surface area contributed by atoms with Crippen molar-refractivity contribution in [3.63, 3.8) is 0 Å². The van der Waals surface area contributed by atoms with Crippen LogP contribution in [0.4, 0.5) is 0 Å². The van der Waals surface area contributed by atoms with Gasteiger partial charge in [0.15, 0.2) is 0 Å². The first-order valence-electron chi connectivity index (χ1n) is 8.32. The number of carboxylic acid groups (broad SMARTS) is 1. The summed E-state index contributed by atoms with van der Waals surface area (Å²) in [5.74, 6) is 0.433. The van der Waals surface area contributed by atoms with Gasteiger partial charge < -0.3 is 5.11 Å². The van der Waals surface area contributed by atoms with Crippen LogP contribution in [0.5, 0.6) is 0 Å². The summed E-state index contributed by atoms with van der Waals surface area (Å²) in [4.78, 5) is 11.9. The van der Waals surface area contributed by atoms with Gasteiger partial charge in [-0.25, -0.2) is 0 Å². The summed E-state index contributed by atoms with van der Waals surface area (Å²) < 4.78 is 0.389. The third-order valence-corrected chi connectivity index (χ3v) is 7.62. The lowest BCUT2D eigenvalue weighted by Crippen LogP contribution is -2.53. The monoisotopic (exact) mass is 402 g/mol. The summed E-state index contributed by atoms with van der Waals surface area (Å²) in [6, 6.07) is 0. The van der Waals surface area contributed by atoms with Crippen LogP contribution in [0.1, 0.15) is 65.7 Å². The molecular weight excluding hydrogens is 375 g/mol. The van der Waals surface area contributed by atoms with Crippen LogP contribution in [0.15, 0.2) is 11.6 Å². The summed E-state index contributed by atoms with van der Waals surface area (Å²) in [6.07, 6.45) is 10.3. The maximum Gasteiger partial charge on any atom is 0.309 e. The van der Waals surface area contributed by atoms with Gasteiger partial charge in [0.1, 0.15) is 0 Å². The Kier molecular flexibility index (Phi) is 3.74. The molecule has 0 aromatic heterocycles. The van der Waals surface area contributed by atoms with Gasteiger partial charge in [-0.15, -0.1) is 0 Å². The van der Waals surface area contributed by atoms with Gasteiger partial charge in [-0.3, -0.25) is 4.79 Å². The van der Waals surface area contributed by atoms with Gasteiger partial charge in [0, 0.05) is 3.42 Å². The van der Waals surface area contributed by atoms with E-state index in [4.69, 9.17) is 0 Å². The quantitative estimate of drug-likeness (QED) is 0.372. The van der Waals surface area contributed by atoms with E-state index in [1.165, 1.54) is 19.3 Å². The number of fused-ring (bicyclic) bond motifs is 3. The molecule has 2 nitrogen and oxygen atoms in total. The maximum absolute atomic E-state index is 11.9. The lowest BCUT2D eigenvalue weighted by Gasteiger charge is -2.57. The second-order valence-electron chi connectivity index (χ2n) is 8.30. The third-order valence-electron chi connectivity index (χ3n) is 6.74. The van der Waals surface area contributed by atoms with Crippen molar-refractivity contribution in [2.75, 3.05) is 0 Å². The minimum absolute atomic E-state index is 0.126. The molecule has 0 bridgehead atoms. The molecule has 0 amide bonds. The Hall–Kier alpha value is -0.0600. The van der Waals surface area contributed by atoms with Crippen molar-refractivity contribution >= 4 is 28.6 Å². The average molecular weight is 402 g/mol. The zero-order valence-corrected chi connectivity index (χ0v) is 15.6. The summed E-state index contributed by atoms with van der Waals surface area (Å²) in [6.45, 7) is 6.73. The highest BCUT2D eigenvalue weighted by Crippen LogP contribution is 2.63. The molecular formula is C18H27IO2. The van der Waals surface area contributed by atoms with E-state index in [2.05, 4.69) is 42.5 Å². The Labute approximate surface area is 141 Å². The van der Waals surface area contributed by atoms with Gasteiger partial charge in [0.25, 0.3) is 0 Å². The van der Waals surface area contributed by atoms with Gasteiger partial charge in [-0.05, 0) is 62.7 Å². The van der Waals surface area contributed by atoms with Gasteiger partial charge in [-0.1, -0.05) is 54.5 Å². The fourth-order valence-electron chi connectivity index (χ4n) is 5.63. The number of halogens is 1. The number of aliphatic carboxylic acids is 1.